The van der Waals surface area contributed by atoms with Crippen LogP contribution < -0.4 is 4.90 Å². The summed E-state index contributed by atoms with van der Waals surface area (Å²) in [5, 5.41) is 4.59. The molecule has 3 heteroatoms. The summed E-state index contributed by atoms with van der Waals surface area (Å²) in [6, 6.07) is 78.1. The molecule has 0 bridgehead atoms. The summed E-state index contributed by atoms with van der Waals surface area (Å²) >= 11 is 0. The van der Waals surface area contributed by atoms with Crippen molar-refractivity contribution in [1.82, 2.24) is 4.57 Å². The number of hydrogen-bond acceptors (Lipinski definition) is 2. The Hall–Kier alpha value is -7.62. The molecular weight excluding hydrogens is 693 g/mol. The highest BCUT2D eigenvalue weighted by Crippen LogP contribution is 2.50. The molecule has 9 aromatic carbocycles. The number of rotatable bonds is 7. The van der Waals surface area contributed by atoms with Crippen LogP contribution in [0, 0.1) is 0 Å². The van der Waals surface area contributed by atoms with Crippen molar-refractivity contribution < 1.29 is 4.42 Å². The van der Waals surface area contributed by atoms with Gasteiger partial charge in [-0.05, 0) is 76.9 Å². The van der Waals surface area contributed by atoms with Gasteiger partial charge in [-0.3, -0.25) is 0 Å². The number of furan rings is 1. The second-order valence-electron chi connectivity index (χ2n) is 14.5. The van der Waals surface area contributed by atoms with Crippen molar-refractivity contribution in [2.24, 2.45) is 0 Å². The molecule has 0 aliphatic carbocycles. The van der Waals surface area contributed by atoms with E-state index in [1.165, 1.54) is 33.0 Å². The molecule has 0 radical (unpaired) electrons. The van der Waals surface area contributed by atoms with Crippen LogP contribution in [0.4, 0.5) is 17.1 Å². The average Bonchev–Trinajstić information content (AvgIpc) is 3.84. The molecule has 2 heterocycles. The van der Waals surface area contributed by atoms with Gasteiger partial charge in [0.15, 0.2) is 0 Å². The summed E-state index contributed by atoms with van der Waals surface area (Å²) in [6.45, 7) is 0. The molecule has 0 saturated heterocycles. The zero-order chi connectivity index (χ0) is 37.7. The Labute approximate surface area is 330 Å². The number of para-hydroxylation sites is 4. The van der Waals surface area contributed by atoms with E-state index in [2.05, 4.69) is 222 Å². The molecule has 57 heavy (non-hydrogen) atoms. The Morgan fingerprint density at radius 1 is 0.368 bits per heavy atom. The number of benzene rings is 9. The van der Waals surface area contributed by atoms with Crippen molar-refractivity contribution in [2.75, 3.05) is 4.90 Å². The van der Waals surface area contributed by atoms with Gasteiger partial charge in [0.2, 0.25) is 0 Å². The Morgan fingerprint density at radius 2 is 0.895 bits per heavy atom. The summed E-state index contributed by atoms with van der Waals surface area (Å²) < 4.78 is 9.29. The van der Waals surface area contributed by atoms with Crippen LogP contribution in [-0.2, 0) is 0 Å². The highest BCUT2D eigenvalue weighted by molar-refractivity contribution is 6.20. The molecular formula is C54H36N2O. The summed E-state index contributed by atoms with van der Waals surface area (Å²) in [5.41, 5.74) is 15.1. The van der Waals surface area contributed by atoms with E-state index in [1.807, 2.05) is 6.07 Å². The van der Waals surface area contributed by atoms with E-state index in [9.17, 15) is 0 Å². The van der Waals surface area contributed by atoms with Gasteiger partial charge in [0.1, 0.15) is 11.2 Å². The zero-order valence-electron chi connectivity index (χ0n) is 31.1. The minimum Gasteiger partial charge on any atom is -0.455 e. The van der Waals surface area contributed by atoms with Crippen molar-refractivity contribution in [3.63, 3.8) is 0 Å². The van der Waals surface area contributed by atoms with Crippen LogP contribution in [0.2, 0.25) is 0 Å². The molecule has 0 unspecified atom stereocenters. The molecule has 0 N–H and O–H groups in total. The predicted octanol–water partition coefficient (Wildman–Crippen LogP) is 15.2. The number of anilines is 3. The van der Waals surface area contributed by atoms with E-state index in [0.717, 1.165) is 66.8 Å². The predicted molar refractivity (Wildman–Crippen MR) is 239 cm³/mol. The van der Waals surface area contributed by atoms with Crippen molar-refractivity contribution in [3.8, 4) is 39.1 Å². The van der Waals surface area contributed by atoms with E-state index in [4.69, 9.17) is 4.42 Å². The van der Waals surface area contributed by atoms with Gasteiger partial charge in [-0.1, -0.05) is 164 Å². The topological polar surface area (TPSA) is 21.3 Å². The number of aromatic nitrogens is 1. The van der Waals surface area contributed by atoms with Crippen LogP contribution >= 0.6 is 0 Å². The SMILES string of the molecule is c1ccc(-c2ccc(N(c3ccc(-c4ccccc4)cc3)c3ccc4c5ccccc5n(-c5ccccc5)c4c3-c3cccc4c3oc3ccccc34)cc2)cc1. The van der Waals surface area contributed by atoms with Crippen molar-refractivity contribution >= 4 is 60.8 Å². The normalized spacial score (nSPS) is 11.5. The minimum absolute atomic E-state index is 0.871. The van der Waals surface area contributed by atoms with E-state index in [0.29, 0.717) is 0 Å². The van der Waals surface area contributed by atoms with Crippen LogP contribution in [0.25, 0.3) is 82.8 Å². The lowest BCUT2D eigenvalue weighted by Crippen LogP contribution is -2.12. The summed E-state index contributed by atoms with van der Waals surface area (Å²) in [4.78, 5) is 2.41. The van der Waals surface area contributed by atoms with Crippen LogP contribution in [0.3, 0.4) is 0 Å². The first-order chi connectivity index (χ1) is 28.3. The van der Waals surface area contributed by atoms with E-state index < -0.39 is 0 Å². The molecule has 0 spiro atoms. The Bertz CT molecular complexity index is 3120. The number of hydrogen-bond donors (Lipinski definition) is 0. The van der Waals surface area contributed by atoms with Gasteiger partial charge in [-0.15, -0.1) is 0 Å². The van der Waals surface area contributed by atoms with Gasteiger partial charge in [-0.2, -0.15) is 0 Å². The highest BCUT2D eigenvalue weighted by Gasteiger charge is 2.26. The van der Waals surface area contributed by atoms with Gasteiger partial charge in [0, 0.05) is 49.7 Å². The van der Waals surface area contributed by atoms with E-state index >= 15 is 0 Å². The Morgan fingerprint density at radius 3 is 1.54 bits per heavy atom. The fourth-order valence-electron chi connectivity index (χ4n) is 8.58. The van der Waals surface area contributed by atoms with Crippen LogP contribution in [0.5, 0.6) is 0 Å². The first-order valence-electron chi connectivity index (χ1n) is 19.4. The second kappa shape index (κ2) is 13.6. The number of nitrogens with zero attached hydrogens (tertiary/aromatic N) is 2. The molecule has 268 valence electrons. The van der Waals surface area contributed by atoms with Gasteiger partial charge < -0.3 is 13.9 Å². The standard InChI is InChI=1S/C54H36N2O/c1-4-15-37(16-5-1)39-27-31-42(32-28-39)55(43-33-29-40(30-34-43)38-17-6-2-7-18-38)50-36-35-46-44-21-10-12-25-49(44)56(41-19-8-3-9-20-41)53(46)52(50)48-24-14-23-47-45-22-11-13-26-51(45)57-54(47)48/h1-36H. The van der Waals surface area contributed by atoms with Crippen molar-refractivity contribution in [3.05, 3.63) is 218 Å². The monoisotopic (exact) mass is 728 g/mol. The van der Waals surface area contributed by atoms with Crippen molar-refractivity contribution in [2.45, 2.75) is 0 Å². The van der Waals surface area contributed by atoms with Crippen LogP contribution in [0.15, 0.2) is 223 Å². The molecule has 0 fully saturated rings. The van der Waals surface area contributed by atoms with Crippen molar-refractivity contribution in [1.29, 1.82) is 0 Å². The lowest BCUT2D eigenvalue weighted by Gasteiger charge is -2.29. The first-order valence-corrected chi connectivity index (χ1v) is 19.4. The molecule has 0 aliphatic heterocycles. The van der Waals surface area contributed by atoms with Crippen LogP contribution in [0.1, 0.15) is 0 Å². The summed E-state index contributed by atoms with van der Waals surface area (Å²) in [5.74, 6) is 0. The third-order valence-electron chi connectivity index (χ3n) is 11.2. The maximum absolute atomic E-state index is 6.85. The Kier molecular flexibility index (Phi) is 7.82. The molecule has 11 aromatic rings. The molecule has 0 atom stereocenters. The van der Waals surface area contributed by atoms with Crippen LogP contribution in [-0.4, -0.2) is 4.57 Å². The molecule has 11 rings (SSSR count). The third kappa shape index (κ3) is 5.51. The molecule has 0 aliphatic rings. The van der Waals surface area contributed by atoms with E-state index in [1.54, 1.807) is 0 Å². The van der Waals surface area contributed by atoms with Gasteiger partial charge in [-0.25, -0.2) is 0 Å². The maximum atomic E-state index is 6.85. The zero-order valence-corrected chi connectivity index (χ0v) is 31.1. The quantitative estimate of drug-likeness (QED) is 0.163. The lowest BCUT2D eigenvalue weighted by molar-refractivity contribution is 0.670. The summed E-state index contributed by atoms with van der Waals surface area (Å²) in [7, 11) is 0. The average molecular weight is 729 g/mol. The highest BCUT2D eigenvalue weighted by atomic mass is 16.3. The largest absolute Gasteiger partial charge is 0.455 e. The van der Waals surface area contributed by atoms with Gasteiger partial charge in [0.25, 0.3) is 0 Å². The second-order valence-corrected chi connectivity index (χ2v) is 14.5. The Balaban J connectivity index is 1.25. The minimum atomic E-state index is 0.871. The lowest BCUT2D eigenvalue weighted by atomic mass is 9.96. The molecule has 2 aromatic heterocycles. The van der Waals surface area contributed by atoms with Gasteiger partial charge in [0.05, 0.1) is 16.7 Å². The first kappa shape index (κ1) is 32.8. The molecule has 3 nitrogen and oxygen atoms in total. The molecule has 0 saturated carbocycles. The smallest absolute Gasteiger partial charge is 0.143 e. The maximum Gasteiger partial charge on any atom is 0.143 e. The fourth-order valence-corrected chi connectivity index (χ4v) is 8.58. The third-order valence-corrected chi connectivity index (χ3v) is 11.2. The van der Waals surface area contributed by atoms with E-state index in [-0.39, 0.29) is 0 Å². The molecule has 0 amide bonds. The number of fused-ring (bicyclic) bond motifs is 6. The summed E-state index contributed by atoms with van der Waals surface area (Å²) in [6.07, 6.45) is 0. The fraction of sp³-hybridized carbons (Fsp3) is 0. The van der Waals surface area contributed by atoms with Gasteiger partial charge >= 0.3 is 0 Å².